The molecule has 1 aliphatic rings. The molecule has 1 N–H and O–H groups in total. The van der Waals surface area contributed by atoms with Gasteiger partial charge in [-0.15, -0.1) is 0 Å². The summed E-state index contributed by atoms with van der Waals surface area (Å²) in [5.74, 6) is 1.51. The van der Waals surface area contributed by atoms with Crippen molar-refractivity contribution in [3.8, 4) is 0 Å². The van der Waals surface area contributed by atoms with Crippen molar-refractivity contribution < 1.29 is 4.92 Å². The van der Waals surface area contributed by atoms with Crippen LogP contribution in [0.4, 0.5) is 11.6 Å². The quantitative estimate of drug-likeness (QED) is 0.528. The topological polar surface area (TPSA) is 75.1 Å². The van der Waals surface area contributed by atoms with Gasteiger partial charge in [0.25, 0.3) is 5.69 Å². The van der Waals surface area contributed by atoms with Crippen molar-refractivity contribution in [3.63, 3.8) is 0 Å². The maximum atomic E-state index is 10.8. The van der Waals surface area contributed by atoms with E-state index in [0.29, 0.717) is 5.92 Å². The number of fused-ring (bicyclic) bond motifs is 1. The van der Waals surface area contributed by atoms with E-state index in [-0.39, 0.29) is 10.6 Å². The van der Waals surface area contributed by atoms with Gasteiger partial charge in [-0.05, 0) is 24.8 Å². The number of non-ortho nitro benzene ring substituents is 1. The van der Waals surface area contributed by atoms with E-state index in [1.807, 2.05) is 0 Å². The molecule has 1 fully saturated rings. The molecule has 1 atom stereocenters. The average Bonchev–Trinajstić information content (AvgIpc) is 3.03. The first kappa shape index (κ1) is 13.4. The van der Waals surface area contributed by atoms with E-state index in [1.54, 1.807) is 6.07 Å². The summed E-state index contributed by atoms with van der Waals surface area (Å²) >= 11 is 3.48. The number of halogens is 1. The Morgan fingerprint density at radius 2 is 2.40 bits per heavy atom. The van der Waals surface area contributed by atoms with Gasteiger partial charge in [-0.1, -0.05) is 15.9 Å². The van der Waals surface area contributed by atoms with Gasteiger partial charge < -0.3 is 9.88 Å². The van der Waals surface area contributed by atoms with Gasteiger partial charge in [0.05, 0.1) is 16.0 Å². The van der Waals surface area contributed by atoms with Crippen molar-refractivity contribution in [2.45, 2.75) is 12.8 Å². The third-order valence-electron chi connectivity index (χ3n) is 3.77. The van der Waals surface area contributed by atoms with Crippen molar-refractivity contribution in [2.75, 3.05) is 23.3 Å². The molecule has 2 aromatic rings. The second-order valence-electron chi connectivity index (χ2n) is 5.10. The smallest absolute Gasteiger partial charge is 0.271 e. The molecular weight excluding hydrogens is 324 g/mol. The molecule has 0 spiro atoms. The van der Waals surface area contributed by atoms with Gasteiger partial charge in [0.1, 0.15) is 0 Å². The molecule has 0 amide bonds. The fourth-order valence-electron chi connectivity index (χ4n) is 2.66. The number of alkyl halides is 1. The highest BCUT2D eigenvalue weighted by Gasteiger charge is 2.24. The highest BCUT2D eigenvalue weighted by Crippen LogP contribution is 2.27. The molecule has 7 heteroatoms. The third kappa shape index (κ3) is 2.49. The fraction of sp³-hybridized carbons (Fsp3) is 0.462. The lowest BCUT2D eigenvalue weighted by atomic mass is 10.1. The monoisotopic (exact) mass is 338 g/mol. The standard InChI is InChI=1S/C13H15BrN4O2/c14-5-3-9-4-6-17(8-9)13-15-11-2-1-10(18(19)20)7-12(11)16-13/h1-2,7,9H,3-6,8H2,(H,15,16). The number of hydrogen-bond acceptors (Lipinski definition) is 4. The predicted molar refractivity (Wildman–Crippen MR) is 81.5 cm³/mol. The Hall–Kier alpha value is -1.63. The van der Waals surface area contributed by atoms with Gasteiger partial charge in [0.2, 0.25) is 5.95 Å². The highest BCUT2D eigenvalue weighted by molar-refractivity contribution is 9.09. The molecule has 0 bridgehead atoms. The van der Waals surface area contributed by atoms with E-state index in [9.17, 15) is 10.1 Å². The minimum absolute atomic E-state index is 0.0892. The number of benzene rings is 1. The molecule has 3 rings (SSSR count). The zero-order valence-corrected chi connectivity index (χ0v) is 12.5. The van der Waals surface area contributed by atoms with E-state index in [1.165, 1.54) is 25.0 Å². The van der Waals surface area contributed by atoms with Crippen molar-refractivity contribution in [3.05, 3.63) is 28.3 Å². The minimum atomic E-state index is -0.387. The lowest BCUT2D eigenvalue weighted by molar-refractivity contribution is -0.384. The number of nitro groups is 1. The Balaban J connectivity index is 1.84. The number of rotatable bonds is 4. The Kier molecular flexibility index (Phi) is 3.60. The van der Waals surface area contributed by atoms with Crippen LogP contribution in [-0.4, -0.2) is 33.3 Å². The zero-order valence-electron chi connectivity index (χ0n) is 10.9. The molecule has 20 heavy (non-hydrogen) atoms. The zero-order chi connectivity index (χ0) is 14.1. The number of H-pyrrole nitrogens is 1. The molecule has 1 aromatic carbocycles. The number of aromatic amines is 1. The van der Waals surface area contributed by atoms with Crippen LogP contribution in [0, 0.1) is 16.0 Å². The fourth-order valence-corrected chi connectivity index (χ4v) is 3.31. The number of hydrogen-bond donors (Lipinski definition) is 1. The summed E-state index contributed by atoms with van der Waals surface area (Å²) in [7, 11) is 0. The second-order valence-corrected chi connectivity index (χ2v) is 5.89. The number of nitrogens with one attached hydrogen (secondary N) is 1. The summed E-state index contributed by atoms with van der Waals surface area (Å²) in [4.78, 5) is 20.3. The number of anilines is 1. The number of nitrogens with zero attached hydrogens (tertiary/aromatic N) is 3. The van der Waals surface area contributed by atoms with Gasteiger partial charge in [-0.3, -0.25) is 10.1 Å². The summed E-state index contributed by atoms with van der Waals surface area (Å²) < 4.78 is 0. The van der Waals surface area contributed by atoms with E-state index in [4.69, 9.17) is 0 Å². The molecule has 6 nitrogen and oxygen atoms in total. The Morgan fingerprint density at radius 3 is 3.15 bits per heavy atom. The Morgan fingerprint density at radius 1 is 1.55 bits per heavy atom. The van der Waals surface area contributed by atoms with Gasteiger partial charge in [0.15, 0.2) is 0 Å². The first-order chi connectivity index (χ1) is 9.67. The van der Waals surface area contributed by atoms with E-state index in [2.05, 4.69) is 30.8 Å². The predicted octanol–water partition coefficient (Wildman–Crippen LogP) is 3.08. The van der Waals surface area contributed by atoms with Crippen molar-refractivity contribution in [1.82, 2.24) is 9.97 Å². The normalized spacial score (nSPS) is 18.9. The lowest BCUT2D eigenvalue weighted by Crippen LogP contribution is -2.20. The average molecular weight is 339 g/mol. The highest BCUT2D eigenvalue weighted by atomic mass is 79.9. The van der Waals surface area contributed by atoms with E-state index in [0.717, 1.165) is 35.4 Å². The summed E-state index contributed by atoms with van der Waals surface area (Å²) in [5, 5.41) is 11.8. The van der Waals surface area contributed by atoms with Gasteiger partial charge in [-0.25, -0.2) is 4.98 Å². The maximum Gasteiger partial charge on any atom is 0.271 e. The summed E-state index contributed by atoms with van der Waals surface area (Å²) in [5.41, 5.74) is 1.58. The van der Waals surface area contributed by atoms with E-state index >= 15 is 0 Å². The first-order valence-corrected chi connectivity index (χ1v) is 7.74. The van der Waals surface area contributed by atoms with Crippen molar-refractivity contribution in [1.29, 1.82) is 0 Å². The summed E-state index contributed by atoms with van der Waals surface area (Å²) in [6.45, 7) is 1.98. The number of aromatic nitrogens is 2. The van der Waals surface area contributed by atoms with Crippen LogP contribution in [0.25, 0.3) is 11.0 Å². The van der Waals surface area contributed by atoms with Crippen LogP contribution in [0.1, 0.15) is 12.8 Å². The lowest BCUT2D eigenvalue weighted by Gasteiger charge is -2.14. The maximum absolute atomic E-state index is 10.8. The Labute approximate surface area is 124 Å². The van der Waals surface area contributed by atoms with Crippen LogP contribution in [0.3, 0.4) is 0 Å². The van der Waals surface area contributed by atoms with Crippen molar-refractivity contribution in [2.24, 2.45) is 5.92 Å². The van der Waals surface area contributed by atoms with Crippen LogP contribution in [0.2, 0.25) is 0 Å². The van der Waals surface area contributed by atoms with Crippen LogP contribution in [0.15, 0.2) is 18.2 Å². The van der Waals surface area contributed by atoms with Crippen LogP contribution in [-0.2, 0) is 0 Å². The number of imidazole rings is 1. The molecule has 1 aliphatic heterocycles. The van der Waals surface area contributed by atoms with Crippen molar-refractivity contribution >= 4 is 38.6 Å². The molecule has 1 aromatic heterocycles. The molecule has 0 aliphatic carbocycles. The van der Waals surface area contributed by atoms with Gasteiger partial charge in [-0.2, -0.15) is 0 Å². The summed E-state index contributed by atoms with van der Waals surface area (Å²) in [6.07, 6.45) is 2.34. The molecule has 1 saturated heterocycles. The largest absolute Gasteiger partial charge is 0.342 e. The molecule has 0 saturated carbocycles. The minimum Gasteiger partial charge on any atom is -0.342 e. The van der Waals surface area contributed by atoms with Crippen LogP contribution < -0.4 is 4.90 Å². The van der Waals surface area contributed by atoms with E-state index < -0.39 is 0 Å². The first-order valence-electron chi connectivity index (χ1n) is 6.62. The molecule has 1 unspecified atom stereocenters. The molecule has 106 valence electrons. The van der Waals surface area contributed by atoms with Gasteiger partial charge in [0, 0.05) is 30.6 Å². The number of nitro benzene ring substituents is 1. The van der Waals surface area contributed by atoms with Gasteiger partial charge >= 0.3 is 0 Å². The molecule has 0 radical (unpaired) electrons. The Bertz CT molecular complexity index is 642. The van der Waals surface area contributed by atoms with Crippen LogP contribution >= 0.6 is 15.9 Å². The molecular formula is C13H15BrN4O2. The second kappa shape index (κ2) is 5.40. The SMILES string of the molecule is O=[N+]([O-])c1ccc2nc(N3CCC(CCBr)C3)[nH]c2c1. The van der Waals surface area contributed by atoms with Crippen LogP contribution in [0.5, 0.6) is 0 Å². The summed E-state index contributed by atoms with van der Waals surface area (Å²) in [6, 6.07) is 4.72. The molecule has 2 heterocycles. The third-order valence-corrected chi connectivity index (χ3v) is 4.22.